The minimum Gasteiger partial charge on any atom is -0.475 e. The predicted molar refractivity (Wildman–Crippen MR) is 55.4 cm³/mol. The van der Waals surface area contributed by atoms with Gasteiger partial charge in [-0.2, -0.15) is 0 Å². The second-order valence-corrected chi connectivity index (χ2v) is 3.54. The van der Waals surface area contributed by atoms with Crippen molar-refractivity contribution < 1.29 is 32.3 Å². The van der Waals surface area contributed by atoms with Gasteiger partial charge in [-0.05, 0) is 12.1 Å². The first-order chi connectivity index (χ1) is 8.90. The third-order valence-electron chi connectivity index (χ3n) is 2.27. The van der Waals surface area contributed by atoms with E-state index in [0.29, 0.717) is 12.1 Å². The lowest BCUT2D eigenvalue weighted by Crippen LogP contribution is -2.07. The first-order valence-electron chi connectivity index (χ1n) is 4.92. The quantitative estimate of drug-likeness (QED) is 0.870. The molecule has 7 heteroatoms. The molecule has 0 saturated heterocycles. The summed E-state index contributed by atoms with van der Waals surface area (Å²) in [5.74, 6) is -7.70. The van der Waals surface area contributed by atoms with Crippen LogP contribution in [-0.2, 0) is 0 Å². The highest BCUT2D eigenvalue weighted by molar-refractivity contribution is 6.07. The molecule has 1 N–H and O–H groups in total. The SMILES string of the molecule is O=C(O)c1ccc(C(=O)c2c(F)cc(F)cc2F)o1. The monoisotopic (exact) mass is 270 g/mol. The van der Waals surface area contributed by atoms with Gasteiger partial charge in [0.15, 0.2) is 5.76 Å². The molecule has 0 atom stereocenters. The minimum atomic E-state index is -1.43. The van der Waals surface area contributed by atoms with Gasteiger partial charge in [-0.1, -0.05) is 0 Å². The number of carboxylic acids is 1. The lowest BCUT2D eigenvalue weighted by atomic mass is 10.1. The van der Waals surface area contributed by atoms with Crippen LogP contribution in [0, 0.1) is 17.5 Å². The Morgan fingerprint density at radius 3 is 2.00 bits per heavy atom. The molecular formula is C12H5F3O4. The molecule has 0 aliphatic rings. The van der Waals surface area contributed by atoms with Crippen molar-refractivity contribution in [2.45, 2.75) is 0 Å². The average Bonchev–Trinajstić information content (AvgIpc) is 2.76. The fraction of sp³-hybridized carbons (Fsp3) is 0. The molecule has 0 unspecified atom stereocenters. The molecule has 4 nitrogen and oxygen atoms in total. The van der Waals surface area contributed by atoms with Crippen molar-refractivity contribution in [2.75, 3.05) is 0 Å². The Kier molecular flexibility index (Phi) is 3.12. The number of carbonyl (C=O) groups is 2. The number of rotatable bonds is 3. The summed E-state index contributed by atoms with van der Waals surface area (Å²) >= 11 is 0. The number of furan rings is 1. The largest absolute Gasteiger partial charge is 0.475 e. The van der Waals surface area contributed by atoms with E-state index in [1.807, 2.05) is 0 Å². The Morgan fingerprint density at radius 2 is 1.53 bits per heavy atom. The van der Waals surface area contributed by atoms with Crippen LogP contribution in [0.2, 0.25) is 0 Å². The Balaban J connectivity index is 2.47. The van der Waals surface area contributed by atoms with Crippen molar-refractivity contribution >= 4 is 11.8 Å². The zero-order chi connectivity index (χ0) is 14.2. The number of benzene rings is 1. The molecular weight excluding hydrogens is 265 g/mol. The zero-order valence-electron chi connectivity index (χ0n) is 9.12. The molecule has 0 aliphatic heterocycles. The van der Waals surface area contributed by atoms with Gasteiger partial charge in [-0.15, -0.1) is 0 Å². The molecule has 19 heavy (non-hydrogen) atoms. The van der Waals surface area contributed by atoms with E-state index in [9.17, 15) is 22.8 Å². The van der Waals surface area contributed by atoms with E-state index in [4.69, 9.17) is 5.11 Å². The predicted octanol–water partition coefficient (Wildman–Crippen LogP) is 2.63. The van der Waals surface area contributed by atoms with E-state index in [1.165, 1.54) is 0 Å². The van der Waals surface area contributed by atoms with Crippen molar-refractivity contribution in [3.63, 3.8) is 0 Å². The van der Waals surface area contributed by atoms with Crippen molar-refractivity contribution in [2.24, 2.45) is 0 Å². The van der Waals surface area contributed by atoms with Crippen molar-refractivity contribution in [1.29, 1.82) is 0 Å². The highest BCUT2D eigenvalue weighted by Gasteiger charge is 2.24. The summed E-state index contributed by atoms with van der Waals surface area (Å²) in [6, 6.07) is 2.62. The summed E-state index contributed by atoms with van der Waals surface area (Å²) in [5, 5.41) is 8.59. The Hall–Kier alpha value is -2.57. The topological polar surface area (TPSA) is 67.5 Å². The van der Waals surface area contributed by atoms with Crippen LogP contribution in [0.25, 0.3) is 0 Å². The van der Waals surface area contributed by atoms with E-state index < -0.39 is 46.3 Å². The molecule has 2 aromatic rings. The summed E-state index contributed by atoms with van der Waals surface area (Å²) in [6.45, 7) is 0. The summed E-state index contributed by atoms with van der Waals surface area (Å²) in [5.41, 5.74) is -1.01. The van der Waals surface area contributed by atoms with E-state index in [0.717, 1.165) is 12.1 Å². The number of ketones is 1. The van der Waals surface area contributed by atoms with Crippen LogP contribution in [0.15, 0.2) is 28.7 Å². The molecule has 1 aromatic heterocycles. The highest BCUT2D eigenvalue weighted by Crippen LogP contribution is 2.20. The molecule has 0 bridgehead atoms. The van der Waals surface area contributed by atoms with Crippen LogP contribution in [0.3, 0.4) is 0 Å². The van der Waals surface area contributed by atoms with Gasteiger partial charge in [-0.3, -0.25) is 4.79 Å². The molecule has 0 aliphatic carbocycles. The maximum Gasteiger partial charge on any atom is 0.371 e. The van der Waals surface area contributed by atoms with Crippen molar-refractivity contribution in [3.05, 3.63) is 58.8 Å². The molecule has 0 spiro atoms. The number of aromatic carboxylic acids is 1. The van der Waals surface area contributed by atoms with Crippen LogP contribution >= 0.6 is 0 Å². The molecule has 0 amide bonds. The Bertz CT molecular complexity index is 652. The summed E-state index contributed by atoms with van der Waals surface area (Å²) in [7, 11) is 0. The van der Waals surface area contributed by atoms with Gasteiger partial charge in [0.25, 0.3) is 0 Å². The van der Waals surface area contributed by atoms with Crippen LogP contribution in [0.5, 0.6) is 0 Å². The van der Waals surface area contributed by atoms with Gasteiger partial charge in [0.1, 0.15) is 17.5 Å². The lowest BCUT2D eigenvalue weighted by molar-refractivity contribution is 0.0660. The molecule has 0 saturated carbocycles. The van der Waals surface area contributed by atoms with Gasteiger partial charge >= 0.3 is 5.97 Å². The first kappa shape index (κ1) is 12.9. The van der Waals surface area contributed by atoms with Crippen LogP contribution < -0.4 is 0 Å². The Morgan fingerprint density at radius 1 is 1.00 bits per heavy atom. The number of hydrogen-bond donors (Lipinski definition) is 1. The fourth-order valence-electron chi connectivity index (χ4n) is 1.46. The first-order valence-corrected chi connectivity index (χ1v) is 4.92. The van der Waals surface area contributed by atoms with E-state index in [1.54, 1.807) is 0 Å². The average molecular weight is 270 g/mol. The smallest absolute Gasteiger partial charge is 0.371 e. The summed E-state index contributed by atoms with van der Waals surface area (Å²) in [4.78, 5) is 22.3. The number of carboxylic acid groups (broad SMARTS) is 1. The maximum absolute atomic E-state index is 13.4. The van der Waals surface area contributed by atoms with Gasteiger partial charge in [0.05, 0.1) is 5.56 Å². The summed E-state index contributed by atoms with van der Waals surface area (Å²) in [6.07, 6.45) is 0. The fourth-order valence-corrected chi connectivity index (χ4v) is 1.46. The Labute approximate surface area is 104 Å². The molecule has 98 valence electrons. The number of hydrogen-bond acceptors (Lipinski definition) is 3. The van der Waals surface area contributed by atoms with E-state index >= 15 is 0 Å². The van der Waals surface area contributed by atoms with Crippen LogP contribution in [-0.4, -0.2) is 16.9 Å². The van der Waals surface area contributed by atoms with Crippen molar-refractivity contribution in [1.82, 2.24) is 0 Å². The van der Waals surface area contributed by atoms with Gasteiger partial charge in [-0.25, -0.2) is 18.0 Å². The third-order valence-corrected chi connectivity index (χ3v) is 2.27. The van der Waals surface area contributed by atoms with Crippen molar-refractivity contribution in [3.8, 4) is 0 Å². The number of halogens is 3. The lowest BCUT2D eigenvalue weighted by Gasteiger charge is -2.02. The van der Waals surface area contributed by atoms with Gasteiger partial charge in [0, 0.05) is 12.1 Å². The zero-order valence-corrected chi connectivity index (χ0v) is 9.12. The van der Waals surface area contributed by atoms with E-state index in [2.05, 4.69) is 4.42 Å². The standard InChI is InChI=1S/C12H5F3O4/c13-5-3-6(14)10(7(15)4-5)11(16)8-1-2-9(19-8)12(17)18/h1-4H,(H,17,18). The van der Waals surface area contributed by atoms with Gasteiger partial charge in [0.2, 0.25) is 11.5 Å². The van der Waals surface area contributed by atoms with Crippen LogP contribution in [0.4, 0.5) is 13.2 Å². The molecule has 2 rings (SSSR count). The molecule has 0 fully saturated rings. The number of carbonyl (C=O) groups excluding carboxylic acids is 1. The second kappa shape index (κ2) is 4.60. The molecule has 0 radical (unpaired) electrons. The second-order valence-electron chi connectivity index (χ2n) is 3.54. The minimum absolute atomic E-state index is 0.345. The maximum atomic E-state index is 13.4. The van der Waals surface area contributed by atoms with Gasteiger partial charge < -0.3 is 9.52 Å². The van der Waals surface area contributed by atoms with E-state index in [-0.39, 0.29) is 0 Å². The van der Waals surface area contributed by atoms with Crippen LogP contribution in [0.1, 0.15) is 26.7 Å². The summed E-state index contributed by atoms with van der Waals surface area (Å²) < 4.78 is 44.0. The third kappa shape index (κ3) is 2.35. The molecule has 1 heterocycles. The highest BCUT2D eigenvalue weighted by atomic mass is 19.1. The normalized spacial score (nSPS) is 10.5. The molecule has 1 aromatic carbocycles.